The quantitative estimate of drug-likeness (QED) is 0.455. The lowest BCUT2D eigenvalue weighted by atomic mass is 10.2. The lowest BCUT2D eigenvalue weighted by molar-refractivity contribution is -0.134. The highest BCUT2D eigenvalue weighted by Gasteiger charge is 2.21. The number of ether oxygens (including phenoxy) is 1. The maximum absolute atomic E-state index is 11.6. The molecule has 0 radical (unpaired) electrons. The van der Waals surface area contributed by atoms with Crippen LogP contribution in [0.15, 0.2) is 0 Å². The van der Waals surface area contributed by atoms with E-state index in [1.54, 1.807) is 0 Å². The summed E-state index contributed by atoms with van der Waals surface area (Å²) in [4.78, 5) is 23.4. The fourth-order valence-corrected chi connectivity index (χ4v) is 1.24. The number of nitrogens with two attached hydrogens (primary N) is 2. The van der Waals surface area contributed by atoms with Crippen molar-refractivity contribution in [1.82, 2.24) is 4.90 Å². The minimum absolute atomic E-state index is 0.0964. The van der Waals surface area contributed by atoms with E-state index in [0.717, 1.165) is 0 Å². The van der Waals surface area contributed by atoms with E-state index in [-0.39, 0.29) is 19.6 Å². The van der Waals surface area contributed by atoms with Crippen LogP contribution in [0.1, 0.15) is 6.42 Å². The smallest absolute Gasteiger partial charge is 0.239 e. The Kier molecular flexibility index (Phi) is 6.63. The highest BCUT2D eigenvalue weighted by atomic mass is 16.5. The second kappa shape index (κ2) is 7.15. The first-order chi connectivity index (χ1) is 7.38. The molecule has 0 saturated heterocycles. The maximum atomic E-state index is 11.6. The Balaban J connectivity index is 4.11. The molecule has 2 amide bonds. The second-order valence-corrected chi connectivity index (χ2v) is 3.60. The lowest BCUT2D eigenvalue weighted by Gasteiger charge is -2.23. The zero-order valence-corrected chi connectivity index (χ0v) is 9.55. The molecule has 2 atom stereocenters. The number of aliphatic hydroxyl groups excluding tert-OH is 1. The number of amides is 2. The molecule has 0 fully saturated rings. The van der Waals surface area contributed by atoms with Gasteiger partial charge in [0.05, 0.1) is 25.2 Å². The van der Waals surface area contributed by atoms with Gasteiger partial charge in [-0.15, -0.1) is 0 Å². The standard InChI is InChI=1S/C9H19N3O4/c1-12(4-6(13)5-16-2)9(15)7(10)3-8(11)14/h6-7,13H,3-5,10H2,1-2H3,(H2,11,14). The molecule has 0 aliphatic carbocycles. The summed E-state index contributed by atoms with van der Waals surface area (Å²) in [6, 6.07) is -0.961. The number of likely N-dealkylation sites (N-methyl/N-ethyl adjacent to an activating group) is 1. The van der Waals surface area contributed by atoms with Crippen LogP contribution in [-0.2, 0) is 14.3 Å². The third-order valence-corrected chi connectivity index (χ3v) is 1.96. The summed E-state index contributed by atoms with van der Waals surface area (Å²) in [6.45, 7) is 0.224. The fraction of sp³-hybridized carbons (Fsp3) is 0.778. The molecular weight excluding hydrogens is 214 g/mol. The van der Waals surface area contributed by atoms with Gasteiger partial charge in [0, 0.05) is 20.7 Å². The third-order valence-electron chi connectivity index (χ3n) is 1.96. The van der Waals surface area contributed by atoms with Crippen molar-refractivity contribution in [1.29, 1.82) is 0 Å². The zero-order chi connectivity index (χ0) is 12.7. The van der Waals surface area contributed by atoms with Crippen LogP contribution < -0.4 is 11.5 Å². The van der Waals surface area contributed by atoms with Crippen molar-refractivity contribution in [2.45, 2.75) is 18.6 Å². The molecule has 0 heterocycles. The molecule has 16 heavy (non-hydrogen) atoms. The molecule has 0 rings (SSSR count). The number of methoxy groups -OCH3 is 1. The minimum Gasteiger partial charge on any atom is -0.389 e. The topological polar surface area (TPSA) is 119 Å². The molecule has 7 nitrogen and oxygen atoms in total. The summed E-state index contributed by atoms with van der Waals surface area (Å²) in [5, 5.41) is 9.38. The Morgan fingerprint density at radius 1 is 1.50 bits per heavy atom. The summed E-state index contributed by atoms with van der Waals surface area (Å²) < 4.78 is 4.72. The van der Waals surface area contributed by atoms with Crippen LogP contribution >= 0.6 is 0 Å². The number of hydrogen-bond acceptors (Lipinski definition) is 5. The molecular formula is C9H19N3O4. The van der Waals surface area contributed by atoms with Gasteiger partial charge in [-0.1, -0.05) is 0 Å². The molecule has 94 valence electrons. The Morgan fingerprint density at radius 3 is 2.50 bits per heavy atom. The SMILES string of the molecule is COCC(O)CN(C)C(=O)C(N)CC(N)=O. The summed E-state index contributed by atoms with van der Waals surface area (Å²) in [7, 11) is 2.94. The summed E-state index contributed by atoms with van der Waals surface area (Å²) in [5.74, 6) is -1.07. The monoisotopic (exact) mass is 233 g/mol. The number of carbonyl (C=O) groups excluding carboxylic acids is 2. The van der Waals surface area contributed by atoms with Gasteiger partial charge in [-0.25, -0.2) is 0 Å². The molecule has 0 aromatic heterocycles. The van der Waals surface area contributed by atoms with Crippen LogP contribution in [-0.4, -0.2) is 61.3 Å². The van der Waals surface area contributed by atoms with E-state index in [1.807, 2.05) is 0 Å². The average Bonchev–Trinajstić information content (AvgIpc) is 2.15. The van der Waals surface area contributed by atoms with Gasteiger partial charge in [0.2, 0.25) is 11.8 Å². The zero-order valence-electron chi connectivity index (χ0n) is 9.55. The van der Waals surface area contributed by atoms with E-state index in [4.69, 9.17) is 16.2 Å². The highest BCUT2D eigenvalue weighted by Crippen LogP contribution is 1.97. The number of hydrogen-bond donors (Lipinski definition) is 3. The highest BCUT2D eigenvalue weighted by molar-refractivity contribution is 5.87. The first-order valence-corrected chi connectivity index (χ1v) is 4.84. The Labute approximate surface area is 94.3 Å². The van der Waals surface area contributed by atoms with Gasteiger partial charge < -0.3 is 26.2 Å². The molecule has 2 unspecified atom stereocenters. The molecule has 0 aliphatic heterocycles. The summed E-state index contributed by atoms with van der Waals surface area (Å²) >= 11 is 0. The Hall–Kier alpha value is -1.18. The van der Waals surface area contributed by atoms with Crippen LogP contribution in [0.4, 0.5) is 0 Å². The van der Waals surface area contributed by atoms with E-state index in [0.29, 0.717) is 0 Å². The number of nitrogens with zero attached hydrogens (tertiary/aromatic N) is 1. The van der Waals surface area contributed by atoms with Crippen LogP contribution in [0.25, 0.3) is 0 Å². The van der Waals surface area contributed by atoms with E-state index >= 15 is 0 Å². The average molecular weight is 233 g/mol. The number of rotatable bonds is 7. The van der Waals surface area contributed by atoms with Crippen molar-refractivity contribution >= 4 is 11.8 Å². The molecule has 0 aromatic carbocycles. The molecule has 0 saturated carbocycles. The maximum Gasteiger partial charge on any atom is 0.239 e. The van der Waals surface area contributed by atoms with Gasteiger partial charge in [-0.2, -0.15) is 0 Å². The van der Waals surface area contributed by atoms with Gasteiger partial charge in [0.15, 0.2) is 0 Å². The van der Waals surface area contributed by atoms with Gasteiger partial charge >= 0.3 is 0 Å². The Bertz CT molecular complexity index is 247. The largest absolute Gasteiger partial charge is 0.389 e. The van der Waals surface area contributed by atoms with Crippen LogP contribution in [0.2, 0.25) is 0 Å². The minimum atomic E-state index is -0.961. The first-order valence-electron chi connectivity index (χ1n) is 4.84. The summed E-state index contributed by atoms with van der Waals surface area (Å²) in [5.41, 5.74) is 10.4. The van der Waals surface area contributed by atoms with E-state index < -0.39 is 24.0 Å². The molecule has 7 heteroatoms. The van der Waals surface area contributed by atoms with Crippen molar-refractivity contribution < 1.29 is 19.4 Å². The number of aliphatic hydroxyl groups is 1. The molecule has 0 aliphatic rings. The normalized spacial score (nSPS) is 14.2. The van der Waals surface area contributed by atoms with Gasteiger partial charge in [-0.3, -0.25) is 9.59 Å². The van der Waals surface area contributed by atoms with Crippen LogP contribution in [0, 0.1) is 0 Å². The fourth-order valence-electron chi connectivity index (χ4n) is 1.24. The van der Waals surface area contributed by atoms with Crippen molar-refractivity contribution in [2.24, 2.45) is 11.5 Å². The molecule has 0 spiro atoms. The predicted octanol–water partition coefficient (Wildman–Crippen LogP) is -2.35. The van der Waals surface area contributed by atoms with E-state index in [9.17, 15) is 14.7 Å². The third kappa shape index (κ3) is 5.64. The van der Waals surface area contributed by atoms with Crippen molar-refractivity contribution in [3.8, 4) is 0 Å². The van der Waals surface area contributed by atoms with Crippen molar-refractivity contribution in [3.05, 3.63) is 0 Å². The molecule has 0 bridgehead atoms. The van der Waals surface area contributed by atoms with Crippen LogP contribution in [0.3, 0.4) is 0 Å². The number of carbonyl (C=O) groups is 2. The van der Waals surface area contributed by atoms with Gasteiger partial charge in [0.1, 0.15) is 0 Å². The predicted molar refractivity (Wildman–Crippen MR) is 57.3 cm³/mol. The Morgan fingerprint density at radius 2 is 2.06 bits per heavy atom. The molecule has 5 N–H and O–H groups in total. The lowest BCUT2D eigenvalue weighted by Crippen LogP contribution is -2.46. The number of primary amides is 1. The van der Waals surface area contributed by atoms with E-state index in [1.165, 1.54) is 19.1 Å². The second-order valence-electron chi connectivity index (χ2n) is 3.60. The summed E-state index contributed by atoms with van der Waals surface area (Å²) in [6.07, 6.45) is -0.983. The van der Waals surface area contributed by atoms with Gasteiger partial charge in [0.25, 0.3) is 0 Å². The van der Waals surface area contributed by atoms with Crippen molar-refractivity contribution in [3.63, 3.8) is 0 Å². The molecule has 0 aromatic rings. The van der Waals surface area contributed by atoms with Crippen molar-refractivity contribution in [2.75, 3.05) is 27.3 Å². The van der Waals surface area contributed by atoms with Crippen LogP contribution in [0.5, 0.6) is 0 Å². The first kappa shape index (κ1) is 14.8. The van der Waals surface area contributed by atoms with Gasteiger partial charge in [-0.05, 0) is 0 Å². The van der Waals surface area contributed by atoms with E-state index in [2.05, 4.69) is 0 Å².